The molecular weight excluding hydrogens is 348 g/mol. The van der Waals surface area contributed by atoms with Gasteiger partial charge in [0.2, 0.25) is 11.5 Å². The van der Waals surface area contributed by atoms with Gasteiger partial charge < -0.3 is 24.4 Å². The summed E-state index contributed by atoms with van der Waals surface area (Å²) in [6.45, 7) is 8.72. The van der Waals surface area contributed by atoms with Crippen molar-refractivity contribution < 1.29 is 29.2 Å². The Morgan fingerprint density at radius 1 is 0.778 bits per heavy atom. The minimum absolute atomic E-state index is 0.171. The number of phenolic OH excluding ortho intramolecular Hbond substituents is 1. The first-order valence-corrected chi connectivity index (χ1v) is 9.96. The summed E-state index contributed by atoms with van der Waals surface area (Å²) < 4.78 is 16.6. The third kappa shape index (κ3) is 7.19. The summed E-state index contributed by atoms with van der Waals surface area (Å²) in [5, 5.41) is 19.4. The summed E-state index contributed by atoms with van der Waals surface area (Å²) in [7, 11) is 0. The maximum atomic E-state index is 11.1. The van der Waals surface area contributed by atoms with Gasteiger partial charge in [0.1, 0.15) is 0 Å². The lowest BCUT2D eigenvalue weighted by Crippen LogP contribution is -2.10. The molecular formula is C21H34O6. The third-order valence-corrected chi connectivity index (χ3v) is 4.56. The largest absolute Gasteiger partial charge is 0.511 e. The molecule has 1 aromatic carbocycles. The summed E-state index contributed by atoms with van der Waals surface area (Å²) in [6.07, 6.45) is 6.84. The minimum Gasteiger partial charge on any atom is -0.504 e. The van der Waals surface area contributed by atoms with E-state index in [0.717, 1.165) is 56.9 Å². The molecule has 0 bridgehead atoms. The predicted octanol–water partition coefficient (Wildman–Crippen LogP) is 5.98. The molecule has 2 N–H and O–H groups in total. The van der Waals surface area contributed by atoms with Crippen LogP contribution in [0.3, 0.4) is 0 Å². The van der Waals surface area contributed by atoms with Crippen LogP contribution in [-0.2, 0) is 0 Å². The summed E-state index contributed by atoms with van der Waals surface area (Å²) in [4.78, 5) is 11.1. The number of carbonyl (C=O) groups is 1. The predicted molar refractivity (Wildman–Crippen MR) is 106 cm³/mol. The van der Waals surface area contributed by atoms with E-state index in [1.165, 1.54) is 0 Å². The maximum absolute atomic E-state index is 11.1. The zero-order valence-corrected chi connectivity index (χ0v) is 17.1. The van der Waals surface area contributed by atoms with E-state index in [1.54, 1.807) is 6.92 Å². The second-order valence-electron chi connectivity index (χ2n) is 6.77. The standard InChI is InChI=1S/C21H34O6/c1-5-7-9-11-13-25-18-16(4)15(3)17(22)19(27-21(23)24)20(18)26-14-12-10-8-6-2/h22H,5-14H2,1-4H3,(H,23,24). The van der Waals surface area contributed by atoms with E-state index in [2.05, 4.69) is 13.8 Å². The van der Waals surface area contributed by atoms with Crippen molar-refractivity contribution in [2.45, 2.75) is 79.1 Å². The van der Waals surface area contributed by atoms with E-state index in [-0.39, 0.29) is 17.2 Å². The van der Waals surface area contributed by atoms with Gasteiger partial charge in [0.05, 0.1) is 13.2 Å². The monoisotopic (exact) mass is 382 g/mol. The zero-order valence-electron chi connectivity index (χ0n) is 17.1. The van der Waals surface area contributed by atoms with Crippen molar-refractivity contribution >= 4 is 6.16 Å². The lowest BCUT2D eigenvalue weighted by atomic mass is 10.1. The molecule has 0 heterocycles. The fraction of sp³-hybridized carbons (Fsp3) is 0.667. The number of ether oxygens (including phenoxy) is 3. The van der Waals surface area contributed by atoms with Gasteiger partial charge in [-0.05, 0) is 26.7 Å². The van der Waals surface area contributed by atoms with Gasteiger partial charge in [-0.3, -0.25) is 0 Å². The first kappa shape index (κ1) is 22.9. The smallest absolute Gasteiger partial charge is 0.504 e. The molecule has 0 spiro atoms. The van der Waals surface area contributed by atoms with E-state index in [9.17, 15) is 9.90 Å². The Morgan fingerprint density at radius 3 is 1.78 bits per heavy atom. The maximum Gasteiger partial charge on any atom is 0.511 e. The topological polar surface area (TPSA) is 85.2 Å². The van der Waals surface area contributed by atoms with Crippen molar-refractivity contribution in [2.75, 3.05) is 13.2 Å². The van der Waals surface area contributed by atoms with E-state index in [4.69, 9.17) is 19.3 Å². The molecule has 0 radical (unpaired) electrons. The van der Waals surface area contributed by atoms with Crippen molar-refractivity contribution in [1.29, 1.82) is 0 Å². The lowest BCUT2D eigenvalue weighted by molar-refractivity contribution is 0.139. The molecule has 1 aromatic rings. The highest BCUT2D eigenvalue weighted by molar-refractivity contribution is 5.71. The quantitative estimate of drug-likeness (QED) is 0.248. The molecule has 6 heteroatoms. The Bertz CT molecular complexity index is 597. The first-order valence-electron chi connectivity index (χ1n) is 9.96. The van der Waals surface area contributed by atoms with E-state index in [1.807, 2.05) is 6.92 Å². The van der Waals surface area contributed by atoms with Gasteiger partial charge in [0.15, 0.2) is 11.5 Å². The highest BCUT2D eigenvalue weighted by Gasteiger charge is 2.25. The van der Waals surface area contributed by atoms with E-state index >= 15 is 0 Å². The normalized spacial score (nSPS) is 10.7. The lowest BCUT2D eigenvalue weighted by Gasteiger charge is -2.20. The van der Waals surface area contributed by atoms with Crippen LogP contribution >= 0.6 is 0 Å². The number of phenols is 1. The summed E-state index contributed by atoms with van der Waals surface area (Å²) in [5.41, 5.74) is 1.25. The van der Waals surface area contributed by atoms with Crippen LogP contribution in [0, 0.1) is 13.8 Å². The average Bonchev–Trinajstić information content (AvgIpc) is 2.64. The number of rotatable bonds is 13. The van der Waals surface area contributed by atoms with Gasteiger partial charge in [0, 0.05) is 11.1 Å². The summed E-state index contributed by atoms with van der Waals surface area (Å²) >= 11 is 0. The number of carboxylic acid groups (broad SMARTS) is 1. The number of benzene rings is 1. The SMILES string of the molecule is CCCCCCOc1c(C)c(C)c(O)c(OC(=O)O)c1OCCCCCC. The second-order valence-corrected chi connectivity index (χ2v) is 6.77. The van der Waals surface area contributed by atoms with Crippen LogP contribution in [0.1, 0.15) is 76.3 Å². The molecule has 0 aliphatic heterocycles. The Morgan fingerprint density at radius 2 is 1.30 bits per heavy atom. The molecule has 0 saturated heterocycles. The number of aromatic hydroxyl groups is 1. The fourth-order valence-corrected chi connectivity index (χ4v) is 2.79. The highest BCUT2D eigenvalue weighted by Crippen LogP contribution is 2.49. The van der Waals surface area contributed by atoms with Gasteiger partial charge in [-0.1, -0.05) is 52.4 Å². The Labute approximate surface area is 162 Å². The fourth-order valence-electron chi connectivity index (χ4n) is 2.79. The number of unbranched alkanes of at least 4 members (excludes halogenated alkanes) is 6. The molecule has 0 aliphatic carbocycles. The van der Waals surface area contributed by atoms with Crippen LogP contribution in [0.2, 0.25) is 0 Å². The van der Waals surface area contributed by atoms with Crippen molar-refractivity contribution in [1.82, 2.24) is 0 Å². The van der Waals surface area contributed by atoms with E-state index < -0.39 is 6.16 Å². The number of hydrogen-bond acceptors (Lipinski definition) is 5. The van der Waals surface area contributed by atoms with Gasteiger partial charge >= 0.3 is 6.16 Å². The molecule has 6 nitrogen and oxygen atoms in total. The van der Waals surface area contributed by atoms with Crippen molar-refractivity contribution in [2.24, 2.45) is 0 Å². The van der Waals surface area contributed by atoms with E-state index in [0.29, 0.717) is 24.5 Å². The Balaban J connectivity index is 3.06. The summed E-state index contributed by atoms with van der Waals surface area (Å²) in [6, 6.07) is 0. The third-order valence-electron chi connectivity index (χ3n) is 4.56. The molecule has 0 fully saturated rings. The van der Waals surface area contributed by atoms with Crippen LogP contribution in [0.5, 0.6) is 23.0 Å². The van der Waals surface area contributed by atoms with Gasteiger partial charge in [0.25, 0.3) is 0 Å². The van der Waals surface area contributed by atoms with Crippen LogP contribution in [0.4, 0.5) is 4.79 Å². The summed E-state index contributed by atoms with van der Waals surface area (Å²) in [5.74, 6) is 0.208. The van der Waals surface area contributed by atoms with Gasteiger partial charge in [-0.15, -0.1) is 0 Å². The highest BCUT2D eigenvalue weighted by atomic mass is 16.7. The van der Waals surface area contributed by atoms with Crippen molar-refractivity contribution in [3.63, 3.8) is 0 Å². The number of hydrogen-bond donors (Lipinski definition) is 2. The molecule has 1 rings (SSSR count). The first-order chi connectivity index (χ1) is 12.9. The van der Waals surface area contributed by atoms with Crippen molar-refractivity contribution in [3.05, 3.63) is 11.1 Å². The zero-order chi connectivity index (χ0) is 20.2. The molecule has 0 amide bonds. The Kier molecular flexibility index (Phi) is 10.5. The van der Waals surface area contributed by atoms with Crippen LogP contribution in [0.25, 0.3) is 0 Å². The molecule has 0 atom stereocenters. The van der Waals surface area contributed by atoms with Crippen LogP contribution < -0.4 is 14.2 Å². The minimum atomic E-state index is -1.50. The molecule has 0 saturated carbocycles. The molecule has 154 valence electrons. The average molecular weight is 382 g/mol. The second kappa shape index (κ2) is 12.3. The van der Waals surface area contributed by atoms with Crippen LogP contribution in [-0.4, -0.2) is 29.6 Å². The Hall–Kier alpha value is -2.11. The molecule has 27 heavy (non-hydrogen) atoms. The van der Waals surface area contributed by atoms with Crippen molar-refractivity contribution in [3.8, 4) is 23.0 Å². The van der Waals surface area contributed by atoms with Crippen LogP contribution in [0.15, 0.2) is 0 Å². The molecule has 0 aliphatic rings. The molecule has 0 aromatic heterocycles. The van der Waals surface area contributed by atoms with Gasteiger partial charge in [-0.25, -0.2) is 4.79 Å². The van der Waals surface area contributed by atoms with Gasteiger partial charge in [-0.2, -0.15) is 0 Å². The molecule has 0 unspecified atom stereocenters.